The van der Waals surface area contributed by atoms with Gasteiger partial charge >= 0.3 is 19.8 Å². The molecule has 0 spiro atoms. The second-order valence-electron chi connectivity index (χ2n) is 22.6. The molecule has 0 fully saturated rings. The van der Waals surface area contributed by atoms with Gasteiger partial charge in [0.2, 0.25) is 0 Å². The highest BCUT2D eigenvalue weighted by Gasteiger charge is 2.26. The van der Waals surface area contributed by atoms with E-state index in [-0.39, 0.29) is 38.6 Å². The number of carbonyl (C=O) groups is 2. The minimum atomic E-state index is -4.41. The fourth-order valence-electron chi connectivity index (χ4n) is 9.49. The second kappa shape index (κ2) is 69.3. The lowest BCUT2D eigenvalue weighted by atomic mass is 10.0. The summed E-state index contributed by atoms with van der Waals surface area (Å²) in [6.45, 7) is 3.51. The Hall–Kier alpha value is -3.85. The Kier molecular flexibility index (Phi) is 66.1. The van der Waals surface area contributed by atoms with E-state index in [0.717, 1.165) is 122 Å². The SMILES string of the molecule is CC/C=C\C/C=C\C/C=C\C/C=C\C/C=C\C/C=C\C/C=C\CCCCCCCC(=O)OC(COC(=O)CCCCCCCCCCCCCCCCCCCCCCCCCC/C=C\C/C=C\C/C=C\C/C=C\CC)COP(=O)(O)OCCN. The molecule has 10 heteroatoms. The minimum Gasteiger partial charge on any atom is -0.462 e. The molecule has 2 atom stereocenters. The lowest BCUT2D eigenvalue weighted by molar-refractivity contribution is -0.161. The third kappa shape index (κ3) is 69.1. The molecule has 0 amide bonds. The van der Waals surface area contributed by atoms with Gasteiger partial charge in [-0.15, -0.1) is 0 Å². The first-order chi connectivity index (χ1) is 41.8. The molecule has 0 saturated heterocycles. The van der Waals surface area contributed by atoms with Gasteiger partial charge in [-0.3, -0.25) is 18.6 Å². The van der Waals surface area contributed by atoms with Crippen LogP contribution in [0.15, 0.2) is 134 Å². The molecule has 0 aliphatic carbocycles. The molecular weight excluding hydrogens is 1070 g/mol. The summed E-state index contributed by atoms with van der Waals surface area (Å²) >= 11 is 0. The number of hydrogen-bond donors (Lipinski definition) is 2. The first-order valence-electron chi connectivity index (χ1n) is 34.7. The standard InChI is InChI=1S/C75H128NO8P/c1-3-5-7-9-11-13-15-17-19-21-23-25-27-29-31-32-33-34-35-36-37-38-39-40-42-43-45-47-49-51-53-55-57-59-61-63-65-67-74(77)81-71-73(72-83-85(79,80)82-70-69-76)84-75(78)68-66-64-62-60-58-56-54-52-50-48-46-44-41-30-28-26-24-22-20-18-16-14-12-10-8-6-4-2/h5-8,11-14,17-20,23-26,30,41,46,48,52,54,73H,3-4,9-10,15-16,21-22,27-29,31-40,42-45,47,49-51,53,55-72,76H2,1-2H3,(H,79,80)/b7-5-,8-6-,13-11-,14-12-,19-17-,20-18-,25-23-,26-24-,41-30-,48-46-,54-52-. The maximum atomic E-state index is 12.7. The maximum absolute atomic E-state index is 12.7. The molecule has 0 aromatic heterocycles. The van der Waals surface area contributed by atoms with Gasteiger partial charge in [0.05, 0.1) is 13.2 Å². The number of phosphoric acid groups is 1. The van der Waals surface area contributed by atoms with Gasteiger partial charge in [-0.05, 0) is 109 Å². The highest BCUT2D eigenvalue weighted by atomic mass is 31.2. The smallest absolute Gasteiger partial charge is 0.462 e. The second-order valence-corrected chi connectivity index (χ2v) is 24.1. The van der Waals surface area contributed by atoms with Crippen LogP contribution in [0.3, 0.4) is 0 Å². The summed E-state index contributed by atoms with van der Waals surface area (Å²) < 4.78 is 33.1. The summed E-state index contributed by atoms with van der Waals surface area (Å²) in [7, 11) is -4.41. The van der Waals surface area contributed by atoms with Crippen molar-refractivity contribution in [1.29, 1.82) is 0 Å². The molecule has 0 aliphatic rings. The zero-order valence-corrected chi connectivity index (χ0v) is 55.4. The van der Waals surface area contributed by atoms with Crippen molar-refractivity contribution in [2.75, 3.05) is 26.4 Å². The van der Waals surface area contributed by atoms with Crippen LogP contribution < -0.4 is 5.73 Å². The van der Waals surface area contributed by atoms with Gasteiger partial charge in [-0.25, -0.2) is 4.57 Å². The molecule has 0 heterocycles. The molecule has 2 unspecified atom stereocenters. The summed E-state index contributed by atoms with van der Waals surface area (Å²) in [5.74, 6) is -0.847. The van der Waals surface area contributed by atoms with Crippen molar-refractivity contribution < 1.29 is 37.6 Å². The third-order valence-electron chi connectivity index (χ3n) is 14.5. The Morgan fingerprint density at radius 1 is 0.353 bits per heavy atom. The molecule has 3 N–H and O–H groups in total. The van der Waals surface area contributed by atoms with Crippen molar-refractivity contribution in [3.8, 4) is 0 Å². The monoisotopic (exact) mass is 1200 g/mol. The Labute approximate surface area is 523 Å². The van der Waals surface area contributed by atoms with E-state index in [9.17, 15) is 19.0 Å². The van der Waals surface area contributed by atoms with E-state index in [1.165, 1.54) is 141 Å². The number of ether oxygens (including phenoxy) is 2. The Balaban J connectivity index is 3.89. The summed E-state index contributed by atoms with van der Waals surface area (Å²) in [4.78, 5) is 35.3. The number of carbonyl (C=O) groups excluding carboxylic acids is 2. The summed E-state index contributed by atoms with van der Waals surface area (Å²) in [5.41, 5.74) is 5.40. The summed E-state index contributed by atoms with van der Waals surface area (Å²) in [5, 5.41) is 0. The first-order valence-corrected chi connectivity index (χ1v) is 36.2. The Morgan fingerprint density at radius 2 is 0.612 bits per heavy atom. The summed E-state index contributed by atoms with van der Waals surface area (Å²) in [6, 6.07) is 0. The lowest BCUT2D eigenvalue weighted by Gasteiger charge is -2.19. The predicted octanol–water partition coefficient (Wildman–Crippen LogP) is 22.9. The van der Waals surface area contributed by atoms with Crippen LogP contribution in [0, 0.1) is 0 Å². The third-order valence-corrected chi connectivity index (χ3v) is 15.5. The molecule has 0 rings (SSSR count). The molecular formula is C75H128NO8P. The average molecular weight is 1200 g/mol. The zero-order valence-electron chi connectivity index (χ0n) is 54.5. The number of unbranched alkanes of at least 4 members (excludes halogenated alkanes) is 29. The minimum absolute atomic E-state index is 0.0448. The molecule has 0 aromatic carbocycles. The van der Waals surface area contributed by atoms with Crippen molar-refractivity contribution in [2.45, 2.75) is 302 Å². The van der Waals surface area contributed by atoms with E-state index in [0.29, 0.717) is 6.42 Å². The molecule has 0 radical (unpaired) electrons. The van der Waals surface area contributed by atoms with Crippen LogP contribution in [-0.4, -0.2) is 49.3 Å². The van der Waals surface area contributed by atoms with Gasteiger partial charge in [0.15, 0.2) is 6.10 Å². The maximum Gasteiger partial charge on any atom is 0.472 e. The number of rotatable bonds is 64. The number of phosphoric ester groups is 1. The van der Waals surface area contributed by atoms with Gasteiger partial charge in [0.1, 0.15) is 6.61 Å². The molecule has 85 heavy (non-hydrogen) atoms. The zero-order chi connectivity index (χ0) is 61.6. The van der Waals surface area contributed by atoms with Crippen LogP contribution in [0.1, 0.15) is 296 Å². The van der Waals surface area contributed by atoms with Crippen molar-refractivity contribution in [3.05, 3.63) is 134 Å². The fraction of sp³-hybridized carbons (Fsp3) is 0.680. The van der Waals surface area contributed by atoms with Crippen LogP contribution in [0.2, 0.25) is 0 Å². The highest BCUT2D eigenvalue weighted by Crippen LogP contribution is 2.43. The topological polar surface area (TPSA) is 134 Å². The number of esters is 2. The van der Waals surface area contributed by atoms with Gasteiger partial charge in [-0.1, -0.05) is 308 Å². The van der Waals surface area contributed by atoms with Crippen molar-refractivity contribution >= 4 is 19.8 Å². The van der Waals surface area contributed by atoms with Crippen molar-refractivity contribution in [2.24, 2.45) is 5.73 Å². The van der Waals surface area contributed by atoms with Crippen LogP contribution in [0.4, 0.5) is 0 Å². The van der Waals surface area contributed by atoms with E-state index in [1.54, 1.807) is 0 Å². The van der Waals surface area contributed by atoms with Gasteiger partial charge in [-0.2, -0.15) is 0 Å². The van der Waals surface area contributed by atoms with E-state index in [4.69, 9.17) is 24.3 Å². The van der Waals surface area contributed by atoms with Gasteiger partial charge in [0.25, 0.3) is 0 Å². The molecule has 0 bridgehead atoms. The quantitative estimate of drug-likeness (QED) is 0.0264. The van der Waals surface area contributed by atoms with E-state index >= 15 is 0 Å². The summed E-state index contributed by atoms with van der Waals surface area (Å²) in [6.07, 6.45) is 98.3. The molecule has 0 aromatic rings. The number of hydrogen-bond acceptors (Lipinski definition) is 8. The number of allylic oxidation sites excluding steroid dienone is 22. The molecule has 0 saturated carbocycles. The van der Waals surface area contributed by atoms with Crippen LogP contribution in [0.25, 0.3) is 0 Å². The van der Waals surface area contributed by atoms with E-state index in [1.807, 2.05) is 0 Å². The predicted molar refractivity (Wildman–Crippen MR) is 367 cm³/mol. The van der Waals surface area contributed by atoms with Crippen molar-refractivity contribution in [1.82, 2.24) is 0 Å². The Bertz CT molecular complexity index is 1860. The fourth-order valence-corrected chi connectivity index (χ4v) is 10.3. The van der Waals surface area contributed by atoms with Crippen molar-refractivity contribution in [3.63, 3.8) is 0 Å². The molecule has 0 aliphatic heterocycles. The molecule has 9 nitrogen and oxygen atoms in total. The molecule has 486 valence electrons. The first kappa shape index (κ1) is 81.2. The Morgan fingerprint density at radius 3 is 0.906 bits per heavy atom. The normalized spacial score (nSPS) is 13.8. The largest absolute Gasteiger partial charge is 0.472 e. The lowest BCUT2D eigenvalue weighted by Crippen LogP contribution is -2.29. The van der Waals surface area contributed by atoms with Crippen LogP contribution >= 0.6 is 7.82 Å². The van der Waals surface area contributed by atoms with Gasteiger partial charge < -0.3 is 20.1 Å². The van der Waals surface area contributed by atoms with Crippen LogP contribution in [0.5, 0.6) is 0 Å². The van der Waals surface area contributed by atoms with Gasteiger partial charge in [0, 0.05) is 19.4 Å². The van der Waals surface area contributed by atoms with Crippen LogP contribution in [-0.2, 0) is 32.7 Å². The van der Waals surface area contributed by atoms with E-state index in [2.05, 4.69) is 148 Å². The number of nitrogens with two attached hydrogens (primary N) is 1. The average Bonchev–Trinajstić information content (AvgIpc) is 3.53. The van der Waals surface area contributed by atoms with E-state index < -0.39 is 26.5 Å². The highest BCUT2D eigenvalue weighted by molar-refractivity contribution is 7.47.